The molecule has 0 radical (unpaired) electrons. The summed E-state index contributed by atoms with van der Waals surface area (Å²) >= 11 is 0. The van der Waals surface area contributed by atoms with Gasteiger partial charge in [0.25, 0.3) is 0 Å². The van der Waals surface area contributed by atoms with E-state index in [2.05, 4.69) is 11.5 Å². The summed E-state index contributed by atoms with van der Waals surface area (Å²) in [6.45, 7) is 0.604. The number of carbonyl (C=O) groups excluding carboxylic acids is 1. The predicted octanol–water partition coefficient (Wildman–Crippen LogP) is 0.882. The van der Waals surface area contributed by atoms with Gasteiger partial charge in [0.05, 0.1) is 0 Å². The third-order valence-electron chi connectivity index (χ3n) is 3.12. The Bertz CT molecular complexity index is 794. The van der Waals surface area contributed by atoms with Crippen LogP contribution in [0.4, 0.5) is 10.5 Å². The molecule has 0 atom stereocenters. The second-order valence-electron chi connectivity index (χ2n) is 5.03. The summed E-state index contributed by atoms with van der Waals surface area (Å²) in [6.07, 6.45) is 3.99. The number of hydrogen-bond donors (Lipinski definition) is 5. The fourth-order valence-electron chi connectivity index (χ4n) is 2.19. The molecule has 1 aromatic heterocycles. The van der Waals surface area contributed by atoms with E-state index in [1.54, 1.807) is 0 Å². The number of nitrogens with two attached hydrogens (primary N) is 2. The monoisotopic (exact) mass is 348 g/mol. The van der Waals surface area contributed by atoms with E-state index in [9.17, 15) is 14.4 Å². The summed E-state index contributed by atoms with van der Waals surface area (Å²) in [6, 6.07) is 5.16. The van der Waals surface area contributed by atoms with Gasteiger partial charge in [-0.2, -0.15) is 0 Å². The highest BCUT2D eigenvalue weighted by Crippen LogP contribution is 2.24. The van der Waals surface area contributed by atoms with Crippen molar-refractivity contribution in [3.05, 3.63) is 42.1 Å². The first-order valence-corrected chi connectivity index (χ1v) is 7.23. The van der Waals surface area contributed by atoms with E-state index in [0.717, 1.165) is 17.3 Å². The number of nitrogens with zero attached hydrogens (tertiary/aromatic N) is 1. The standard InChI is InChI=1S/C12H16N4O.C4H4O4/c1-16-7-8(4-5-13)10-6-9(15-12(14)17)2-3-11(10)16;5-3(6)1-2-4(7)8/h2-3,6-7H,4-5,13H2,1H3,(H3,14,15,17);1-2H,(H,5,6)(H,7,8)/b;2-1+. The highest BCUT2D eigenvalue weighted by molar-refractivity contribution is 5.93. The number of amides is 2. The van der Waals surface area contributed by atoms with Crippen molar-refractivity contribution in [3.8, 4) is 0 Å². The van der Waals surface area contributed by atoms with Crippen LogP contribution in [0.15, 0.2) is 36.5 Å². The molecule has 1 aromatic carbocycles. The van der Waals surface area contributed by atoms with Crippen LogP contribution in [0.5, 0.6) is 0 Å². The molecule has 7 N–H and O–H groups in total. The van der Waals surface area contributed by atoms with Crippen molar-refractivity contribution in [2.24, 2.45) is 18.5 Å². The van der Waals surface area contributed by atoms with Crippen molar-refractivity contribution in [1.82, 2.24) is 4.57 Å². The van der Waals surface area contributed by atoms with Crippen LogP contribution in [0.25, 0.3) is 10.9 Å². The molecule has 0 bridgehead atoms. The molecule has 9 nitrogen and oxygen atoms in total. The Morgan fingerprint density at radius 1 is 1.20 bits per heavy atom. The maximum Gasteiger partial charge on any atom is 0.328 e. The number of fused-ring (bicyclic) bond motifs is 1. The molecule has 2 rings (SSSR count). The molecule has 2 amide bonds. The summed E-state index contributed by atoms with van der Waals surface area (Å²) < 4.78 is 2.05. The zero-order valence-electron chi connectivity index (χ0n) is 13.6. The SMILES string of the molecule is Cn1cc(CCN)c2cc(NC(N)=O)ccc21.O=C(O)/C=C/C(=O)O. The van der Waals surface area contributed by atoms with Crippen LogP contribution in [0, 0.1) is 0 Å². The number of hydrogen-bond acceptors (Lipinski definition) is 4. The Morgan fingerprint density at radius 2 is 1.80 bits per heavy atom. The molecule has 0 aliphatic carbocycles. The van der Waals surface area contributed by atoms with Crippen LogP contribution in [0.2, 0.25) is 0 Å². The lowest BCUT2D eigenvalue weighted by atomic mass is 10.1. The second kappa shape index (κ2) is 9.08. The molecular weight excluding hydrogens is 328 g/mol. The molecule has 0 aliphatic heterocycles. The van der Waals surface area contributed by atoms with Crippen LogP contribution in [-0.4, -0.2) is 39.3 Å². The van der Waals surface area contributed by atoms with Crippen LogP contribution >= 0.6 is 0 Å². The second-order valence-corrected chi connectivity index (χ2v) is 5.03. The van der Waals surface area contributed by atoms with Gasteiger partial charge in [0.15, 0.2) is 0 Å². The fraction of sp³-hybridized carbons (Fsp3) is 0.188. The summed E-state index contributed by atoms with van der Waals surface area (Å²) in [5, 5.41) is 19.3. The Hall–Kier alpha value is -3.33. The maximum absolute atomic E-state index is 10.8. The molecule has 0 spiro atoms. The van der Waals surface area contributed by atoms with E-state index >= 15 is 0 Å². The van der Waals surface area contributed by atoms with Gasteiger partial charge in [-0.3, -0.25) is 0 Å². The van der Waals surface area contributed by atoms with Gasteiger partial charge in [0, 0.05) is 42.0 Å². The third-order valence-corrected chi connectivity index (χ3v) is 3.12. The summed E-state index contributed by atoms with van der Waals surface area (Å²) in [7, 11) is 1.99. The number of carboxylic acids is 2. The van der Waals surface area contributed by atoms with Crippen molar-refractivity contribution in [3.63, 3.8) is 0 Å². The quantitative estimate of drug-likeness (QED) is 0.504. The number of benzene rings is 1. The molecule has 0 unspecified atom stereocenters. The number of aliphatic carboxylic acids is 2. The Balaban J connectivity index is 0.000000333. The topological polar surface area (TPSA) is 161 Å². The maximum atomic E-state index is 10.8. The number of primary amides is 1. The van der Waals surface area contributed by atoms with Crippen molar-refractivity contribution >= 4 is 34.6 Å². The Labute approximate surface area is 143 Å². The molecule has 134 valence electrons. The van der Waals surface area contributed by atoms with Crippen molar-refractivity contribution in [2.45, 2.75) is 6.42 Å². The number of anilines is 1. The van der Waals surface area contributed by atoms with Gasteiger partial charge < -0.3 is 31.6 Å². The van der Waals surface area contributed by atoms with Gasteiger partial charge in [-0.25, -0.2) is 14.4 Å². The number of rotatable bonds is 5. The molecule has 2 aromatic rings. The zero-order valence-corrected chi connectivity index (χ0v) is 13.6. The van der Waals surface area contributed by atoms with E-state index < -0.39 is 18.0 Å². The molecule has 0 saturated carbocycles. The van der Waals surface area contributed by atoms with Gasteiger partial charge in [-0.15, -0.1) is 0 Å². The molecule has 25 heavy (non-hydrogen) atoms. The molecular formula is C16H20N4O5. The first-order valence-electron chi connectivity index (χ1n) is 7.23. The molecule has 9 heteroatoms. The third kappa shape index (κ3) is 6.36. The van der Waals surface area contributed by atoms with E-state index in [-0.39, 0.29) is 0 Å². The van der Waals surface area contributed by atoms with Crippen LogP contribution in [-0.2, 0) is 23.1 Å². The van der Waals surface area contributed by atoms with E-state index in [1.165, 1.54) is 5.56 Å². The normalized spacial score (nSPS) is 10.3. The van der Waals surface area contributed by atoms with Gasteiger partial charge in [-0.05, 0) is 36.7 Å². The predicted molar refractivity (Wildman–Crippen MR) is 93.3 cm³/mol. The first kappa shape index (κ1) is 19.7. The summed E-state index contributed by atoms with van der Waals surface area (Å²) in [4.78, 5) is 29.9. The van der Waals surface area contributed by atoms with Crippen molar-refractivity contribution in [2.75, 3.05) is 11.9 Å². The van der Waals surface area contributed by atoms with E-state index in [0.29, 0.717) is 24.4 Å². The fourth-order valence-corrected chi connectivity index (χ4v) is 2.19. The molecule has 0 saturated heterocycles. The minimum Gasteiger partial charge on any atom is -0.478 e. The highest BCUT2D eigenvalue weighted by Gasteiger charge is 2.07. The number of carbonyl (C=O) groups is 3. The summed E-state index contributed by atoms with van der Waals surface area (Å²) in [5.41, 5.74) is 13.7. The lowest BCUT2D eigenvalue weighted by Crippen LogP contribution is -2.19. The van der Waals surface area contributed by atoms with Gasteiger partial charge in [-0.1, -0.05) is 0 Å². The molecule has 0 aliphatic rings. The first-order chi connectivity index (χ1) is 11.7. The van der Waals surface area contributed by atoms with Crippen molar-refractivity contribution < 1.29 is 24.6 Å². The largest absolute Gasteiger partial charge is 0.478 e. The molecule has 0 fully saturated rings. The van der Waals surface area contributed by atoms with Crippen LogP contribution in [0.3, 0.4) is 0 Å². The lowest BCUT2D eigenvalue weighted by molar-refractivity contribution is -0.134. The number of aryl methyl sites for hydroxylation is 1. The van der Waals surface area contributed by atoms with E-state index in [4.69, 9.17) is 21.7 Å². The van der Waals surface area contributed by atoms with Gasteiger partial charge >= 0.3 is 18.0 Å². The minimum absolute atomic E-state index is 0.555. The summed E-state index contributed by atoms with van der Waals surface area (Å²) in [5.74, 6) is -2.51. The number of urea groups is 1. The van der Waals surface area contributed by atoms with Crippen LogP contribution < -0.4 is 16.8 Å². The van der Waals surface area contributed by atoms with Crippen molar-refractivity contribution in [1.29, 1.82) is 0 Å². The number of aromatic nitrogens is 1. The minimum atomic E-state index is -1.26. The Morgan fingerprint density at radius 3 is 2.28 bits per heavy atom. The Kier molecular flexibility index (Phi) is 7.16. The van der Waals surface area contributed by atoms with Gasteiger partial charge in [0.2, 0.25) is 0 Å². The lowest BCUT2D eigenvalue weighted by Gasteiger charge is -2.03. The average molecular weight is 348 g/mol. The highest BCUT2D eigenvalue weighted by atomic mass is 16.4. The number of nitrogens with one attached hydrogen (secondary N) is 1. The zero-order chi connectivity index (χ0) is 19.0. The van der Waals surface area contributed by atoms with Gasteiger partial charge in [0.1, 0.15) is 0 Å². The number of carboxylic acid groups (broad SMARTS) is 2. The van der Waals surface area contributed by atoms with E-state index in [1.807, 2.05) is 29.8 Å². The molecule has 1 heterocycles. The smallest absolute Gasteiger partial charge is 0.328 e. The van der Waals surface area contributed by atoms with Crippen LogP contribution in [0.1, 0.15) is 5.56 Å². The average Bonchev–Trinajstić information content (AvgIpc) is 2.82.